The van der Waals surface area contributed by atoms with Gasteiger partial charge in [-0.2, -0.15) is 0 Å². The van der Waals surface area contributed by atoms with E-state index in [1.807, 2.05) is 0 Å². The van der Waals surface area contributed by atoms with Gasteiger partial charge in [0.25, 0.3) is 5.91 Å². The van der Waals surface area contributed by atoms with E-state index in [2.05, 4.69) is 5.32 Å². The van der Waals surface area contributed by atoms with Gasteiger partial charge in [-0.05, 0) is 54.6 Å². The quantitative estimate of drug-likeness (QED) is 0.386. The van der Waals surface area contributed by atoms with Crippen LogP contribution >= 0.6 is 23.2 Å². The molecule has 1 heterocycles. The molecule has 3 aromatic carbocycles. The van der Waals surface area contributed by atoms with Gasteiger partial charge in [0.1, 0.15) is 11.3 Å². The van der Waals surface area contributed by atoms with Gasteiger partial charge >= 0.3 is 0 Å². The van der Waals surface area contributed by atoms with E-state index < -0.39 is 17.9 Å². The van der Waals surface area contributed by atoms with Gasteiger partial charge in [-0.15, -0.1) is 0 Å². The number of para-hydroxylation sites is 1. The Kier molecular flexibility index (Phi) is 6.35. The number of carbonyl (C=O) groups is 1. The second-order valence-corrected chi connectivity index (χ2v) is 7.62. The number of carbonyl (C=O) groups excluding carboxylic acids is 1. The number of anilines is 1. The Morgan fingerprint density at radius 1 is 1.03 bits per heavy atom. The first kappa shape index (κ1) is 21.7. The van der Waals surface area contributed by atoms with Crippen molar-refractivity contribution in [3.63, 3.8) is 0 Å². The van der Waals surface area contributed by atoms with E-state index in [1.54, 1.807) is 67.8 Å². The third kappa shape index (κ3) is 4.56. The number of fused-ring (bicyclic) bond motifs is 1. The highest BCUT2D eigenvalue weighted by molar-refractivity contribution is 6.33. The van der Waals surface area contributed by atoms with Crippen molar-refractivity contribution >= 4 is 45.8 Å². The first-order valence-electron chi connectivity index (χ1n) is 9.54. The van der Waals surface area contributed by atoms with Crippen LogP contribution in [0.15, 0.2) is 75.9 Å². The lowest BCUT2D eigenvalue weighted by molar-refractivity contribution is -0.118. The lowest BCUT2D eigenvalue weighted by atomic mass is 10.1. The Balaban J connectivity index is 1.70. The molecular formula is C24H17Cl2NO5. The van der Waals surface area contributed by atoms with E-state index in [1.165, 1.54) is 6.07 Å². The van der Waals surface area contributed by atoms with Gasteiger partial charge in [0.2, 0.25) is 11.2 Å². The minimum absolute atomic E-state index is 0.0979. The van der Waals surface area contributed by atoms with Crippen molar-refractivity contribution in [3.8, 4) is 22.8 Å². The van der Waals surface area contributed by atoms with E-state index in [4.69, 9.17) is 37.1 Å². The van der Waals surface area contributed by atoms with Gasteiger partial charge in [-0.25, -0.2) is 0 Å². The molecule has 4 rings (SSSR count). The molecule has 1 N–H and O–H groups in total. The first-order chi connectivity index (χ1) is 15.5. The number of rotatable bonds is 6. The van der Waals surface area contributed by atoms with Gasteiger partial charge in [-0.3, -0.25) is 9.59 Å². The standard InChI is InChI=1S/C24H17Cl2NO5/c1-30-16-9-6-14(7-10-16)23-24(22(29)17-12-15(25)8-11-20(17)32-23)31-13-21(28)27-19-5-3-2-4-18(19)26/h2-12H,13H2,1H3,(H,27,28). The molecule has 0 saturated carbocycles. The van der Waals surface area contributed by atoms with Crippen LogP contribution < -0.4 is 20.2 Å². The van der Waals surface area contributed by atoms with Crippen LogP contribution in [-0.4, -0.2) is 19.6 Å². The monoisotopic (exact) mass is 469 g/mol. The fourth-order valence-corrected chi connectivity index (χ4v) is 3.46. The maximum absolute atomic E-state index is 13.2. The van der Waals surface area contributed by atoms with Gasteiger partial charge < -0.3 is 19.2 Å². The second kappa shape index (κ2) is 9.34. The zero-order valence-electron chi connectivity index (χ0n) is 16.9. The van der Waals surface area contributed by atoms with Crippen molar-refractivity contribution in [2.75, 3.05) is 19.0 Å². The summed E-state index contributed by atoms with van der Waals surface area (Å²) < 4.78 is 16.8. The van der Waals surface area contributed by atoms with Gasteiger partial charge in [0.05, 0.1) is 23.2 Å². The molecule has 4 aromatic rings. The summed E-state index contributed by atoms with van der Waals surface area (Å²) in [5.41, 5.74) is 0.930. The summed E-state index contributed by atoms with van der Waals surface area (Å²) >= 11 is 12.1. The summed E-state index contributed by atoms with van der Waals surface area (Å²) in [5.74, 6) is 0.256. The first-order valence-corrected chi connectivity index (χ1v) is 10.3. The van der Waals surface area contributed by atoms with Crippen LogP contribution in [0.3, 0.4) is 0 Å². The lowest BCUT2D eigenvalue weighted by Crippen LogP contribution is -2.22. The number of nitrogens with one attached hydrogen (secondary N) is 1. The number of methoxy groups -OCH3 is 1. The van der Waals surface area contributed by atoms with Crippen LogP contribution in [0.4, 0.5) is 5.69 Å². The molecule has 0 radical (unpaired) electrons. The average Bonchev–Trinajstić information content (AvgIpc) is 2.80. The summed E-state index contributed by atoms with van der Waals surface area (Å²) in [4.78, 5) is 25.6. The second-order valence-electron chi connectivity index (χ2n) is 6.78. The summed E-state index contributed by atoms with van der Waals surface area (Å²) in [7, 11) is 1.56. The molecule has 0 saturated heterocycles. The smallest absolute Gasteiger partial charge is 0.262 e. The summed E-state index contributed by atoms with van der Waals surface area (Å²) in [5, 5.41) is 3.67. The topological polar surface area (TPSA) is 77.8 Å². The number of benzene rings is 3. The van der Waals surface area contributed by atoms with Gasteiger partial charge in [0.15, 0.2) is 12.4 Å². The molecule has 1 aromatic heterocycles. The number of hydrogen-bond donors (Lipinski definition) is 1. The number of hydrogen-bond acceptors (Lipinski definition) is 5. The van der Waals surface area contributed by atoms with E-state index in [-0.39, 0.29) is 16.9 Å². The molecule has 0 bridgehead atoms. The number of amides is 1. The minimum Gasteiger partial charge on any atom is -0.497 e. The van der Waals surface area contributed by atoms with E-state index >= 15 is 0 Å². The fourth-order valence-electron chi connectivity index (χ4n) is 3.10. The van der Waals surface area contributed by atoms with Crippen LogP contribution in [0.1, 0.15) is 0 Å². The van der Waals surface area contributed by atoms with Gasteiger partial charge in [-0.1, -0.05) is 35.3 Å². The van der Waals surface area contributed by atoms with Crippen LogP contribution in [0.25, 0.3) is 22.3 Å². The molecule has 0 fully saturated rings. The van der Waals surface area contributed by atoms with Crippen molar-refractivity contribution in [1.29, 1.82) is 0 Å². The third-order valence-electron chi connectivity index (χ3n) is 4.66. The van der Waals surface area contributed by atoms with Gasteiger partial charge in [0, 0.05) is 10.6 Å². The Hall–Kier alpha value is -3.48. The van der Waals surface area contributed by atoms with E-state index in [9.17, 15) is 9.59 Å². The SMILES string of the molecule is COc1ccc(-c2oc3ccc(Cl)cc3c(=O)c2OCC(=O)Nc2ccccc2Cl)cc1. The fraction of sp³-hybridized carbons (Fsp3) is 0.0833. The van der Waals surface area contributed by atoms with E-state index in [0.717, 1.165) is 0 Å². The predicted octanol–water partition coefficient (Wildman–Crippen LogP) is 5.79. The molecule has 162 valence electrons. The molecule has 6 nitrogen and oxygen atoms in total. The summed E-state index contributed by atoms with van der Waals surface area (Å²) in [6.45, 7) is -0.425. The number of ether oxygens (including phenoxy) is 2. The molecule has 32 heavy (non-hydrogen) atoms. The molecule has 0 aliphatic rings. The molecule has 0 aliphatic carbocycles. The molecule has 0 aliphatic heterocycles. The van der Waals surface area contributed by atoms with Crippen LogP contribution in [0, 0.1) is 0 Å². The van der Waals surface area contributed by atoms with Crippen LogP contribution in [-0.2, 0) is 4.79 Å². The predicted molar refractivity (Wildman–Crippen MR) is 125 cm³/mol. The van der Waals surface area contributed by atoms with Crippen molar-refractivity contribution in [3.05, 3.63) is 87.0 Å². The highest BCUT2D eigenvalue weighted by atomic mass is 35.5. The van der Waals surface area contributed by atoms with Crippen LogP contribution in [0.2, 0.25) is 10.0 Å². The van der Waals surface area contributed by atoms with Crippen molar-refractivity contribution in [2.24, 2.45) is 0 Å². The third-order valence-corrected chi connectivity index (χ3v) is 5.22. The Morgan fingerprint density at radius 3 is 2.50 bits per heavy atom. The molecule has 1 amide bonds. The van der Waals surface area contributed by atoms with Crippen molar-refractivity contribution in [2.45, 2.75) is 0 Å². The molecular weight excluding hydrogens is 453 g/mol. The normalized spacial score (nSPS) is 10.7. The Bertz CT molecular complexity index is 1350. The van der Waals surface area contributed by atoms with Crippen molar-refractivity contribution < 1.29 is 18.7 Å². The average molecular weight is 470 g/mol. The highest BCUT2D eigenvalue weighted by Crippen LogP contribution is 2.32. The Morgan fingerprint density at radius 2 is 1.78 bits per heavy atom. The Labute approximate surface area is 193 Å². The maximum Gasteiger partial charge on any atom is 0.262 e. The van der Waals surface area contributed by atoms with E-state index in [0.29, 0.717) is 32.6 Å². The van der Waals surface area contributed by atoms with Crippen LogP contribution in [0.5, 0.6) is 11.5 Å². The molecule has 8 heteroatoms. The molecule has 0 atom stereocenters. The maximum atomic E-state index is 13.2. The number of halogens is 2. The summed E-state index contributed by atoms with van der Waals surface area (Å²) in [6, 6.07) is 18.5. The zero-order valence-corrected chi connectivity index (χ0v) is 18.4. The minimum atomic E-state index is -0.482. The largest absolute Gasteiger partial charge is 0.497 e. The summed E-state index contributed by atoms with van der Waals surface area (Å²) in [6.07, 6.45) is 0. The zero-order chi connectivity index (χ0) is 22.7. The lowest BCUT2D eigenvalue weighted by Gasteiger charge is -2.13. The van der Waals surface area contributed by atoms with Crippen molar-refractivity contribution in [1.82, 2.24) is 0 Å². The molecule has 0 spiro atoms. The molecule has 0 unspecified atom stereocenters. The highest BCUT2D eigenvalue weighted by Gasteiger charge is 2.19.